The summed E-state index contributed by atoms with van der Waals surface area (Å²) in [5.41, 5.74) is 1.98. The molecule has 0 aromatic carbocycles. The van der Waals surface area contributed by atoms with E-state index < -0.39 is 0 Å². The first-order valence-corrected chi connectivity index (χ1v) is 5.41. The van der Waals surface area contributed by atoms with Crippen molar-refractivity contribution in [2.75, 3.05) is 0 Å². The van der Waals surface area contributed by atoms with Gasteiger partial charge in [-0.3, -0.25) is 0 Å². The zero-order chi connectivity index (χ0) is 10.8. The van der Waals surface area contributed by atoms with Crippen molar-refractivity contribution < 1.29 is 0 Å². The van der Waals surface area contributed by atoms with E-state index in [1.165, 1.54) is 11.1 Å². The van der Waals surface area contributed by atoms with Crippen LogP contribution in [0.1, 0.15) is 27.2 Å². The standard InChI is InChI=1S/C12H14BrN/c1-9-6-10(12(2,3)8-14)4-5-11(13)7-9/h5-7H,4H2,1-3H3. The van der Waals surface area contributed by atoms with Crippen LogP contribution in [0.4, 0.5) is 0 Å². The molecule has 1 nitrogen and oxygen atoms in total. The van der Waals surface area contributed by atoms with Gasteiger partial charge in [0.1, 0.15) is 0 Å². The highest BCUT2D eigenvalue weighted by Crippen LogP contribution is 2.32. The molecule has 1 rings (SSSR count). The predicted molar refractivity (Wildman–Crippen MR) is 62.9 cm³/mol. The van der Waals surface area contributed by atoms with Gasteiger partial charge in [0.15, 0.2) is 0 Å². The minimum Gasteiger partial charge on any atom is -0.197 e. The van der Waals surface area contributed by atoms with E-state index in [1.54, 1.807) is 0 Å². The summed E-state index contributed by atoms with van der Waals surface area (Å²) in [6, 6.07) is 2.33. The molecule has 0 saturated heterocycles. The first-order chi connectivity index (χ1) is 6.45. The second-order valence-electron chi connectivity index (χ2n) is 4.09. The van der Waals surface area contributed by atoms with Crippen LogP contribution in [-0.2, 0) is 0 Å². The number of hydrogen-bond donors (Lipinski definition) is 0. The molecular formula is C12H14BrN. The lowest BCUT2D eigenvalue weighted by Gasteiger charge is -2.18. The Bertz CT molecular complexity index is 364. The van der Waals surface area contributed by atoms with Crippen molar-refractivity contribution in [2.24, 2.45) is 5.41 Å². The topological polar surface area (TPSA) is 23.8 Å². The fourth-order valence-corrected chi connectivity index (χ4v) is 1.89. The van der Waals surface area contributed by atoms with E-state index in [4.69, 9.17) is 5.26 Å². The van der Waals surface area contributed by atoms with Crippen LogP contribution in [-0.4, -0.2) is 0 Å². The molecule has 0 saturated carbocycles. The molecule has 74 valence electrons. The molecular weight excluding hydrogens is 238 g/mol. The highest BCUT2D eigenvalue weighted by Gasteiger charge is 2.22. The van der Waals surface area contributed by atoms with E-state index in [2.05, 4.69) is 40.2 Å². The van der Waals surface area contributed by atoms with E-state index in [0.29, 0.717) is 0 Å². The minimum atomic E-state index is -0.372. The SMILES string of the molecule is CC1=CC(Br)=CCC(C(C)(C)C#N)=C1. The minimum absolute atomic E-state index is 0.372. The molecule has 2 heteroatoms. The molecule has 0 radical (unpaired) electrons. The van der Waals surface area contributed by atoms with Gasteiger partial charge in [-0.2, -0.15) is 5.26 Å². The lowest BCUT2D eigenvalue weighted by atomic mass is 9.83. The first kappa shape index (κ1) is 11.3. The van der Waals surface area contributed by atoms with Crippen LogP contribution in [0.2, 0.25) is 0 Å². The van der Waals surface area contributed by atoms with Crippen LogP contribution in [0, 0.1) is 16.7 Å². The maximum Gasteiger partial charge on any atom is 0.0732 e. The number of rotatable bonds is 1. The van der Waals surface area contributed by atoms with Gasteiger partial charge in [-0.25, -0.2) is 0 Å². The third kappa shape index (κ3) is 2.59. The van der Waals surface area contributed by atoms with E-state index in [1.807, 2.05) is 20.8 Å². The van der Waals surface area contributed by atoms with E-state index in [9.17, 15) is 0 Å². The van der Waals surface area contributed by atoms with Gasteiger partial charge < -0.3 is 0 Å². The van der Waals surface area contributed by atoms with Gasteiger partial charge in [0.2, 0.25) is 0 Å². The Morgan fingerprint density at radius 2 is 2.07 bits per heavy atom. The average molecular weight is 252 g/mol. The summed E-state index contributed by atoms with van der Waals surface area (Å²) >= 11 is 3.46. The zero-order valence-corrected chi connectivity index (χ0v) is 10.4. The molecule has 0 bridgehead atoms. The van der Waals surface area contributed by atoms with Crippen molar-refractivity contribution in [2.45, 2.75) is 27.2 Å². The van der Waals surface area contributed by atoms with Gasteiger partial charge in [-0.05, 0) is 38.8 Å². The second kappa shape index (κ2) is 4.14. The van der Waals surface area contributed by atoms with E-state index >= 15 is 0 Å². The summed E-state index contributed by atoms with van der Waals surface area (Å²) in [6.07, 6.45) is 7.12. The summed E-state index contributed by atoms with van der Waals surface area (Å²) in [5.74, 6) is 0. The fourth-order valence-electron chi connectivity index (χ4n) is 1.37. The van der Waals surface area contributed by atoms with E-state index in [0.717, 1.165) is 10.9 Å². The summed E-state index contributed by atoms with van der Waals surface area (Å²) < 4.78 is 1.09. The quantitative estimate of drug-likeness (QED) is 0.689. The maximum atomic E-state index is 9.05. The van der Waals surface area contributed by atoms with Crippen molar-refractivity contribution in [3.05, 3.63) is 33.9 Å². The number of nitriles is 1. The molecule has 1 aliphatic rings. The molecule has 0 aliphatic heterocycles. The fraction of sp³-hybridized carbons (Fsp3) is 0.417. The third-order valence-electron chi connectivity index (χ3n) is 2.37. The molecule has 14 heavy (non-hydrogen) atoms. The lowest BCUT2D eigenvalue weighted by molar-refractivity contribution is 0.583. The van der Waals surface area contributed by atoms with Crippen LogP contribution in [0.5, 0.6) is 0 Å². The van der Waals surface area contributed by atoms with Crippen molar-refractivity contribution in [1.82, 2.24) is 0 Å². The van der Waals surface area contributed by atoms with Crippen LogP contribution >= 0.6 is 15.9 Å². The van der Waals surface area contributed by atoms with Crippen molar-refractivity contribution in [3.8, 4) is 6.07 Å². The third-order valence-corrected chi connectivity index (χ3v) is 2.92. The summed E-state index contributed by atoms with van der Waals surface area (Å²) in [5, 5.41) is 9.05. The highest BCUT2D eigenvalue weighted by molar-refractivity contribution is 9.11. The first-order valence-electron chi connectivity index (χ1n) is 4.62. The van der Waals surface area contributed by atoms with Crippen LogP contribution < -0.4 is 0 Å². The van der Waals surface area contributed by atoms with Crippen molar-refractivity contribution in [3.63, 3.8) is 0 Å². The molecule has 0 heterocycles. The van der Waals surface area contributed by atoms with Gasteiger partial charge >= 0.3 is 0 Å². The molecule has 1 aliphatic carbocycles. The Labute approximate surface area is 93.9 Å². The molecule has 0 unspecified atom stereocenters. The summed E-state index contributed by atoms with van der Waals surface area (Å²) in [6.45, 7) is 5.96. The molecule has 0 spiro atoms. The molecule has 0 amide bonds. The Morgan fingerprint density at radius 1 is 1.43 bits per heavy atom. The maximum absolute atomic E-state index is 9.05. The summed E-state index contributed by atoms with van der Waals surface area (Å²) in [4.78, 5) is 0. The molecule has 0 aromatic heterocycles. The number of nitrogens with zero attached hydrogens (tertiary/aromatic N) is 1. The van der Waals surface area contributed by atoms with Gasteiger partial charge in [-0.1, -0.05) is 33.7 Å². The zero-order valence-electron chi connectivity index (χ0n) is 8.76. The van der Waals surface area contributed by atoms with Crippen LogP contribution in [0.25, 0.3) is 0 Å². The van der Waals surface area contributed by atoms with E-state index in [-0.39, 0.29) is 5.41 Å². The van der Waals surface area contributed by atoms with Crippen molar-refractivity contribution >= 4 is 15.9 Å². The Hall–Kier alpha value is -0.810. The van der Waals surface area contributed by atoms with Gasteiger partial charge in [-0.15, -0.1) is 0 Å². The highest BCUT2D eigenvalue weighted by atomic mass is 79.9. The van der Waals surface area contributed by atoms with Gasteiger partial charge in [0, 0.05) is 4.48 Å². The molecule has 0 atom stereocenters. The Morgan fingerprint density at radius 3 is 2.64 bits per heavy atom. The van der Waals surface area contributed by atoms with Gasteiger partial charge in [0.05, 0.1) is 11.5 Å². The smallest absolute Gasteiger partial charge is 0.0732 e. The predicted octanol–water partition coefficient (Wildman–Crippen LogP) is 4.09. The number of allylic oxidation sites excluding steroid dienone is 6. The lowest BCUT2D eigenvalue weighted by Crippen LogP contribution is -2.11. The average Bonchev–Trinajstić information content (AvgIpc) is 2.27. The second-order valence-corrected chi connectivity index (χ2v) is 5.00. The van der Waals surface area contributed by atoms with Crippen LogP contribution in [0.3, 0.4) is 0 Å². The van der Waals surface area contributed by atoms with Crippen molar-refractivity contribution in [1.29, 1.82) is 5.26 Å². The number of halogens is 1. The molecule has 0 N–H and O–H groups in total. The molecule has 0 fully saturated rings. The molecule has 0 aromatic rings. The Kier molecular flexibility index (Phi) is 3.34. The summed E-state index contributed by atoms with van der Waals surface area (Å²) in [7, 11) is 0. The van der Waals surface area contributed by atoms with Gasteiger partial charge in [0.25, 0.3) is 0 Å². The normalized spacial score (nSPS) is 17.5. The Balaban J connectivity index is 3.07. The largest absolute Gasteiger partial charge is 0.197 e. The van der Waals surface area contributed by atoms with Crippen LogP contribution in [0.15, 0.2) is 33.9 Å². The monoisotopic (exact) mass is 251 g/mol. The number of hydrogen-bond acceptors (Lipinski definition) is 1.